The fraction of sp³-hybridized carbons (Fsp3) is 0.462. The van der Waals surface area contributed by atoms with Gasteiger partial charge in [-0.05, 0) is 19.4 Å². The second-order valence-electron chi connectivity index (χ2n) is 4.66. The lowest BCUT2D eigenvalue weighted by atomic mass is 10.0. The van der Waals surface area contributed by atoms with Gasteiger partial charge < -0.3 is 16.3 Å². The van der Waals surface area contributed by atoms with Gasteiger partial charge in [0.2, 0.25) is 0 Å². The number of halogens is 3. The van der Waals surface area contributed by atoms with E-state index in [2.05, 4.69) is 10.5 Å². The molecule has 0 fully saturated rings. The lowest BCUT2D eigenvalue weighted by Gasteiger charge is -2.22. The molecule has 0 radical (unpaired) electrons. The van der Waals surface area contributed by atoms with Crippen LogP contribution in [0.2, 0.25) is 0 Å². The molecule has 1 rings (SSSR count). The molecular weight excluding hydrogens is 271 g/mol. The second kappa shape index (κ2) is 6.60. The minimum Gasteiger partial charge on any atom is -0.409 e. The van der Waals surface area contributed by atoms with E-state index in [0.29, 0.717) is 0 Å². The molecule has 0 saturated carbocycles. The molecular formula is C13H18F3N3O. The topological polar surface area (TPSA) is 70.6 Å². The first kappa shape index (κ1) is 16.3. The monoisotopic (exact) mass is 289 g/mol. The van der Waals surface area contributed by atoms with Gasteiger partial charge in [0.05, 0.1) is 0 Å². The molecule has 2 atom stereocenters. The fourth-order valence-corrected chi connectivity index (χ4v) is 1.81. The van der Waals surface area contributed by atoms with E-state index in [0.717, 1.165) is 11.1 Å². The Kier molecular flexibility index (Phi) is 5.38. The maximum absolute atomic E-state index is 12.8. The van der Waals surface area contributed by atoms with Gasteiger partial charge in [-0.2, -0.15) is 13.2 Å². The van der Waals surface area contributed by atoms with Gasteiger partial charge in [0.15, 0.2) is 5.84 Å². The number of aryl methyl sites for hydroxylation is 1. The average molecular weight is 289 g/mol. The minimum absolute atomic E-state index is 0.272. The first-order chi connectivity index (χ1) is 9.25. The quantitative estimate of drug-likeness (QED) is 0.338. The van der Waals surface area contributed by atoms with Crippen molar-refractivity contribution >= 4 is 5.84 Å². The zero-order valence-corrected chi connectivity index (χ0v) is 11.3. The number of rotatable bonds is 5. The molecule has 0 heterocycles. The molecule has 0 amide bonds. The van der Waals surface area contributed by atoms with Crippen LogP contribution in [-0.2, 0) is 0 Å². The number of alkyl halides is 3. The Hall–Kier alpha value is -1.76. The second-order valence-corrected chi connectivity index (χ2v) is 4.66. The Morgan fingerprint density at radius 2 is 2.10 bits per heavy atom. The van der Waals surface area contributed by atoms with Gasteiger partial charge in [-0.15, -0.1) is 0 Å². The van der Waals surface area contributed by atoms with Crippen LogP contribution in [0.3, 0.4) is 0 Å². The molecule has 7 heteroatoms. The van der Waals surface area contributed by atoms with Crippen molar-refractivity contribution in [3.63, 3.8) is 0 Å². The predicted molar refractivity (Wildman–Crippen MR) is 70.6 cm³/mol. The predicted octanol–water partition coefficient (Wildman–Crippen LogP) is 2.57. The van der Waals surface area contributed by atoms with E-state index in [9.17, 15) is 13.2 Å². The molecule has 4 nitrogen and oxygen atoms in total. The van der Waals surface area contributed by atoms with E-state index in [1.54, 1.807) is 6.92 Å². The largest absolute Gasteiger partial charge is 0.409 e. The molecule has 0 aliphatic rings. The highest BCUT2D eigenvalue weighted by atomic mass is 19.4. The number of nitrogens with two attached hydrogens (primary N) is 1. The van der Waals surface area contributed by atoms with Crippen LogP contribution in [0, 0.1) is 12.8 Å². The van der Waals surface area contributed by atoms with Crippen molar-refractivity contribution in [2.75, 3.05) is 6.54 Å². The van der Waals surface area contributed by atoms with Gasteiger partial charge in [-0.3, -0.25) is 0 Å². The van der Waals surface area contributed by atoms with Crippen LogP contribution >= 0.6 is 0 Å². The third-order valence-corrected chi connectivity index (χ3v) is 3.04. The molecule has 0 aliphatic carbocycles. The van der Waals surface area contributed by atoms with E-state index in [4.69, 9.17) is 10.9 Å². The van der Waals surface area contributed by atoms with Crippen molar-refractivity contribution in [1.82, 2.24) is 5.32 Å². The van der Waals surface area contributed by atoms with E-state index in [1.807, 2.05) is 31.2 Å². The number of nitrogens with zero attached hydrogens (tertiary/aromatic N) is 1. The highest BCUT2D eigenvalue weighted by Crippen LogP contribution is 2.26. The van der Waals surface area contributed by atoms with E-state index in [1.165, 1.54) is 0 Å². The molecule has 112 valence electrons. The van der Waals surface area contributed by atoms with Crippen molar-refractivity contribution < 1.29 is 18.4 Å². The lowest BCUT2D eigenvalue weighted by Crippen LogP contribution is -2.43. The molecule has 4 N–H and O–H groups in total. The first-order valence-electron chi connectivity index (χ1n) is 6.09. The third-order valence-electron chi connectivity index (χ3n) is 3.04. The molecule has 0 spiro atoms. The van der Waals surface area contributed by atoms with Gasteiger partial charge in [-0.25, -0.2) is 0 Å². The standard InChI is InChI=1S/C13H18F3N3O/c1-8-4-3-5-10(6-8)9(2)18-7-11(12(17)19-20)13(14,15)16/h3-6,9,11,18,20H,7H2,1-2H3,(H2,17,19)/t9-,11?/m1/s1. The molecule has 20 heavy (non-hydrogen) atoms. The summed E-state index contributed by atoms with van der Waals surface area (Å²) in [7, 11) is 0. The van der Waals surface area contributed by atoms with Crippen molar-refractivity contribution in [3.05, 3.63) is 35.4 Å². The first-order valence-corrected chi connectivity index (χ1v) is 6.09. The summed E-state index contributed by atoms with van der Waals surface area (Å²) in [6, 6.07) is 7.20. The Balaban J connectivity index is 2.73. The number of amidine groups is 1. The van der Waals surface area contributed by atoms with Crippen molar-refractivity contribution in [2.45, 2.75) is 26.1 Å². The highest BCUT2D eigenvalue weighted by Gasteiger charge is 2.42. The van der Waals surface area contributed by atoms with E-state index >= 15 is 0 Å². The summed E-state index contributed by atoms with van der Waals surface area (Å²) in [5.74, 6) is -2.86. The Labute approximate surface area is 115 Å². The molecule has 0 bridgehead atoms. The number of benzene rings is 1. The Morgan fingerprint density at radius 3 is 2.60 bits per heavy atom. The van der Waals surface area contributed by atoms with Crippen LogP contribution in [0.1, 0.15) is 24.1 Å². The zero-order valence-electron chi connectivity index (χ0n) is 11.3. The van der Waals surface area contributed by atoms with Gasteiger partial charge in [-0.1, -0.05) is 35.0 Å². The van der Waals surface area contributed by atoms with Crippen molar-refractivity contribution in [3.8, 4) is 0 Å². The van der Waals surface area contributed by atoms with Crippen LogP contribution in [-0.4, -0.2) is 23.8 Å². The van der Waals surface area contributed by atoms with Gasteiger partial charge >= 0.3 is 6.18 Å². The van der Waals surface area contributed by atoms with Crippen LogP contribution in [0.5, 0.6) is 0 Å². The molecule has 0 aromatic heterocycles. The zero-order chi connectivity index (χ0) is 15.3. The summed E-state index contributed by atoms with van der Waals surface area (Å²) in [5, 5.41) is 13.6. The van der Waals surface area contributed by atoms with Gasteiger partial charge in [0.25, 0.3) is 0 Å². The summed E-state index contributed by atoms with van der Waals surface area (Å²) in [6.07, 6.45) is -4.56. The number of oxime groups is 1. The third kappa shape index (κ3) is 4.41. The van der Waals surface area contributed by atoms with Crippen LogP contribution < -0.4 is 11.1 Å². The van der Waals surface area contributed by atoms with Crippen molar-refractivity contribution in [1.29, 1.82) is 0 Å². The molecule has 0 saturated heterocycles. The van der Waals surface area contributed by atoms with Crippen molar-refractivity contribution in [2.24, 2.45) is 16.8 Å². The Bertz CT molecular complexity index is 474. The summed E-state index contributed by atoms with van der Waals surface area (Å²) in [5.41, 5.74) is 7.00. The maximum Gasteiger partial charge on any atom is 0.400 e. The summed E-state index contributed by atoms with van der Waals surface area (Å²) >= 11 is 0. The number of hydrogen-bond donors (Lipinski definition) is 3. The lowest BCUT2D eigenvalue weighted by molar-refractivity contribution is -0.155. The van der Waals surface area contributed by atoms with E-state index < -0.39 is 24.5 Å². The maximum atomic E-state index is 12.8. The minimum atomic E-state index is -4.56. The van der Waals surface area contributed by atoms with Crippen LogP contribution in [0.25, 0.3) is 0 Å². The molecule has 1 aromatic carbocycles. The smallest absolute Gasteiger partial charge is 0.400 e. The summed E-state index contributed by atoms with van der Waals surface area (Å²) in [4.78, 5) is 0. The fourth-order valence-electron chi connectivity index (χ4n) is 1.81. The summed E-state index contributed by atoms with van der Waals surface area (Å²) in [6.45, 7) is 3.22. The van der Waals surface area contributed by atoms with Crippen LogP contribution in [0.4, 0.5) is 13.2 Å². The SMILES string of the molecule is Cc1cccc([C@@H](C)NCC(/C(N)=N/O)C(F)(F)F)c1. The summed E-state index contributed by atoms with van der Waals surface area (Å²) < 4.78 is 38.3. The average Bonchev–Trinajstić information content (AvgIpc) is 2.36. The number of nitrogens with one attached hydrogen (secondary N) is 1. The van der Waals surface area contributed by atoms with Crippen LogP contribution in [0.15, 0.2) is 29.4 Å². The molecule has 1 aromatic rings. The molecule has 0 aliphatic heterocycles. The van der Waals surface area contributed by atoms with Gasteiger partial charge in [0.1, 0.15) is 5.92 Å². The van der Waals surface area contributed by atoms with E-state index in [-0.39, 0.29) is 6.04 Å². The normalized spacial score (nSPS) is 15.9. The number of hydrogen-bond acceptors (Lipinski definition) is 3. The van der Waals surface area contributed by atoms with Gasteiger partial charge in [0, 0.05) is 12.6 Å². The molecule has 1 unspecified atom stereocenters. The highest BCUT2D eigenvalue weighted by molar-refractivity contribution is 5.83. The Morgan fingerprint density at radius 1 is 1.45 bits per heavy atom.